The Morgan fingerprint density at radius 3 is 3.00 bits per heavy atom. The van der Waals surface area contributed by atoms with Crippen LogP contribution in [0.1, 0.15) is 13.3 Å². The average molecular weight is 260 g/mol. The number of carbonyl (C=O) groups is 2. The molecular weight excluding hydrogens is 244 g/mol. The number of nitrogens with one attached hydrogen (secondary N) is 1. The number of ether oxygens (including phenoxy) is 1. The minimum absolute atomic E-state index is 0.0706. The van der Waals surface area contributed by atoms with Crippen LogP contribution in [-0.2, 0) is 19.2 Å². The Morgan fingerprint density at radius 2 is 2.35 bits per heavy atom. The van der Waals surface area contributed by atoms with Gasteiger partial charge in [-0.2, -0.15) is 0 Å². The molecule has 0 bridgehead atoms. The number of amides is 2. The number of rotatable bonds is 3. The summed E-state index contributed by atoms with van der Waals surface area (Å²) in [4.78, 5) is 29.9. The Hall–Kier alpha value is -0.790. The van der Waals surface area contributed by atoms with E-state index < -0.39 is 6.04 Å². The second-order valence-electron chi connectivity index (χ2n) is 4.07. The highest BCUT2D eigenvalue weighted by Gasteiger charge is 2.33. The van der Waals surface area contributed by atoms with Crippen LogP contribution in [0, 0.1) is 0 Å². The van der Waals surface area contributed by atoms with Crippen LogP contribution in [0.25, 0.3) is 0 Å². The van der Waals surface area contributed by atoms with Crippen molar-refractivity contribution in [3.63, 3.8) is 0 Å². The molecule has 2 rings (SSSR count). The van der Waals surface area contributed by atoms with Crippen molar-refractivity contribution in [3.05, 3.63) is 0 Å². The fourth-order valence-corrected chi connectivity index (χ4v) is 3.00. The molecule has 0 aromatic carbocycles. The van der Waals surface area contributed by atoms with E-state index in [-0.39, 0.29) is 17.9 Å². The van der Waals surface area contributed by atoms with Crippen molar-refractivity contribution < 1.29 is 19.2 Å². The van der Waals surface area contributed by atoms with Crippen LogP contribution >= 0.6 is 11.8 Å². The topological polar surface area (TPSA) is 67.9 Å². The summed E-state index contributed by atoms with van der Waals surface area (Å²) in [5.41, 5.74) is 2.43. The third kappa shape index (κ3) is 3.11. The minimum Gasteiger partial charge on any atom is -0.379 e. The van der Waals surface area contributed by atoms with Gasteiger partial charge in [0.1, 0.15) is 12.1 Å². The molecule has 0 radical (unpaired) electrons. The maximum absolute atomic E-state index is 11.8. The molecule has 2 heterocycles. The SMILES string of the molecule is CC(=O)N1CSC[C@@H]1C(=O)NOC1CCOC1. The maximum atomic E-state index is 11.8. The summed E-state index contributed by atoms with van der Waals surface area (Å²) >= 11 is 1.57. The molecule has 2 fully saturated rings. The molecule has 0 aromatic rings. The molecule has 2 amide bonds. The summed E-state index contributed by atoms with van der Waals surface area (Å²) in [6.45, 7) is 2.65. The van der Waals surface area contributed by atoms with Gasteiger partial charge in [-0.05, 0) is 0 Å². The highest BCUT2D eigenvalue weighted by Crippen LogP contribution is 2.21. The summed E-state index contributed by atoms with van der Waals surface area (Å²) in [7, 11) is 0. The lowest BCUT2D eigenvalue weighted by atomic mass is 10.3. The Balaban J connectivity index is 1.80. The molecule has 2 atom stereocenters. The van der Waals surface area contributed by atoms with E-state index in [1.807, 2.05) is 0 Å². The van der Waals surface area contributed by atoms with E-state index in [9.17, 15) is 9.59 Å². The van der Waals surface area contributed by atoms with Gasteiger partial charge in [-0.25, -0.2) is 5.48 Å². The van der Waals surface area contributed by atoms with E-state index in [0.717, 1.165) is 6.42 Å². The third-order valence-corrected chi connectivity index (χ3v) is 3.82. The molecule has 1 N–H and O–H groups in total. The zero-order valence-electron chi connectivity index (χ0n) is 9.68. The van der Waals surface area contributed by atoms with Gasteiger partial charge >= 0.3 is 0 Å². The van der Waals surface area contributed by atoms with Crippen LogP contribution in [0.3, 0.4) is 0 Å². The monoisotopic (exact) mass is 260 g/mol. The van der Waals surface area contributed by atoms with Crippen molar-refractivity contribution in [1.82, 2.24) is 10.4 Å². The van der Waals surface area contributed by atoms with Crippen molar-refractivity contribution in [2.45, 2.75) is 25.5 Å². The van der Waals surface area contributed by atoms with Crippen LogP contribution < -0.4 is 5.48 Å². The first-order valence-electron chi connectivity index (χ1n) is 5.56. The molecule has 7 heteroatoms. The van der Waals surface area contributed by atoms with Crippen molar-refractivity contribution in [3.8, 4) is 0 Å². The number of carbonyl (C=O) groups excluding carboxylic acids is 2. The molecule has 17 heavy (non-hydrogen) atoms. The lowest BCUT2D eigenvalue weighted by Crippen LogP contribution is -2.47. The minimum atomic E-state index is -0.417. The van der Waals surface area contributed by atoms with Crippen LogP contribution in [0.4, 0.5) is 0 Å². The summed E-state index contributed by atoms with van der Waals surface area (Å²) < 4.78 is 5.13. The molecule has 0 spiro atoms. The van der Waals surface area contributed by atoms with Crippen LogP contribution in [0.15, 0.2) is 0 Å². The molecule has 2 aliphatic rings. The standard InChI is InChI=1S/C10H16N2O4S/c1-7(13)12-6-17-5-9(12)10(14)11-16-8-2-3-15-4-8/h8-9H,2-6H2,1H3,(H,11,14)/t8?,9-/m1/s1. The Kier molecular flexibility index (Phi) is 4.25. The predicted molar refractivity (Wildman–Crippen MR) is 62.1 cm³/mol. The van der Waals surface area contributed by atoms with Crippen LogP contribution in [-0.4, -0.2) is 53.7 Å². The van der Waals surface area contributed by atoms with Crippen molar-refractivity contribution in [2.75, 3.05) is 24.8 Å². The smallest absolute Gasteiger partial charge is 0.267 e. The van der Waals surface area contributed by atoms with Crippen LogP contribution in [0.2, 0.25) is 0 Å². The molecule has 1 unspecified atom stereocenters. The molecular formula is C10H16N2O4S. The van der Waals surface area contributed by atoms with E-state index in [1.54, 1.807) is 16.7 Å². The number of hydrogen-bond donors (Lipinski definition) is 1. The van der Waals surface area contributed by atoms with Crippen molar-refractivity contribution in [2.24, 2.45) is 0 Å². The second kappa shape index (κ2) is 5.70. The van der Waals surface area contributed by atoms with Crippen molar-refractivity contribution in [1.29, 1.82) is 0 Å². The van der Waals surface area contributed by atoms with Gasteiger partial charge in [0.15, 0.2) is 0 Å². The van der Waals surface area contributed by atoms with E-state index in [1.165, 1.54) is 6.92 Å². The summed E-state index contributed by atoms with van der Waals surface area (Å²) in [6, 6.07) is -0.417. The molecule has 2 saturated heterocycles. The largest absolute Gasteiger partial charge is 0.379 e. The Labute approximate surface area is 104 Å². The molecule has 0 aliphatic carbocycles. The van der Waals surface area contributed by atoms with Gasteiger partial charge < -0.3 is 9.64 Å². The molecule has 2 aliphatic heterocycles. The first-order chi connectivity index (χ1) is 8.18. The number of nitrogens with zero attached hydrogens (tertiary/aromatic N) is 1. The summed E-state index contributed by atoms with van der Waals surface area (Å²) in [5.74, 6) is 0.854. The van der Waals surface area contributed by atoms with E-state index in [0.29, 0.717) is 24.8 Å². The quantitative estimate of drug-likeness (QED) is 0.708. The van der Waals surface area contributed by atoms with E-state index >= 15 is 0 Å². The molecule has 6 nitrogen and oxygen atoms in total. The second-order valence-corrected chi connectivity index (χ2v) is 5.07. The fourth-order valence-electron chi connectivity index (χ4n) is 1.79. The molecule has 96 valence electrons. The van der Waals surface area contributed by atoms with E-state index in [2.05, 4.69) is 5.48 Å². The van der Waals surface area contributed by atoms with Gasteiger partial charge in [0.25, 0.3) is 5.91 Å². The highest BCUT2D eigenvalue weighted by molar-refractivity contribution is 7.99. The van der Waals surface area contributed by atoms with Gasteiger partial charge in [0.05, 0.1) is 12.5 Å². The zero-order chi connectivity index (χ0) is 12.3. The average Bonchev–Trinajstić information content (AvgIpc) is 2.96. The van der Waals surface area contributed by atoms with Gasteiger partial charge in [-0.15, -0.1) is 11.8 Å². The predicted octanol–water partition coefficient (Wildman–Crippen LogP) is -0.255. The number of hydroxylamine groups is 1. The lowest BCUT2D eigenvalue weighted by Gasteiger charge is -2.21. The molecule has 0 saturated carbocycles. The summed E-state index contributed by atoms with van der Waals surface area (Å²) in [6.07, 6.45) is 0.717. The maximum Gasteiger partial charge on any atom is 0.267 e. The normalized spacial score (nSPS) is 28.4. The van der Waals surface area contributed by atoms with Gasteiger partial charge in [-0.3, -0.25) is 14.4 Å². The van der Waals surface area contributed by atoms with Crippen molar-refractivity contribution >= 4 is 23.6 Å². The van der Waals surface area contributed by atoms with Gasteiger partial charge in [0, 0.05) is 25.7 Å². The van der Waals surface area contributed by atoms with Gasteiger partial charge in [-0.1, -0.05) is 0 Å². The fraction of sp³-hybridized carbons (Fsp3) is 0.800. The van der Waals surface area contributed by atoms with Crippen LogP contribution in [0.5, 0.6) is 0 Å². The number of hydrogen-bond acceptors (Lipinski definition) is 5. The first-order valence-corrected chi connectivity index (χ1v) is 6.72. The zero-order valence-corrected chi connectivity index (χ0v) is 10.5. The third-order valence-electron chi connectivity index (χ3n) is 2.80. The Morgan fingerprint density at radius 1 is 1.53 bits per heavy atom. The van der Waals surface area contributed by atoms with Gasteiger partial charge in [0.2, 0.25) is 5.91 Å². The Bertz CT molecular complexity index is 307. The number of thioether (sulfide) groups is 1. The summed E-state index contributed by atoms with van der Waals surface area (Å²) in [5, 5.41) is 0. The first kappa shape index (κ1) is 12.7. The lowest BCUT2D eigenvalue weighted by molar-refractivity contribution is -0.147. The molecule has 0 aromatic heterocycles. The van der Waals surface area contributed by atoms with E-state index in [4.69, 9.17) is 9.57 Å². The highest BCUT2D eigenvalue weighted by atomic mass is 32.2.